The molecule has 6 nitrogen and oxygen atoms in total. The first kappa shape index (κ1) is 22.8. The van der Waals surface area contributed by atoms with Gasteiger partial charge in [0.05, 0.1) is 24.9 Å². The lowest BCUT2D eigenvalue weighted by Gasteiger charge is -2.35. The van der Waals surface area contributed by atoms with Crippen molar-refractivity contribution in [2.45, 2.75) is 37.5 Å². The van der Waals surface area contributed by atoms with Crippen molar-refractivity contribution in [2.75, 3.05) is 38.8 Å². The van der Waals surface area contributed by atoms with Gasteiger partial charge in [0, 0.05) is 32.8 Å². The highest BCUT2D eigenvalue weighted by Crippen LogP contribution is 2.29. The topological polar surface area (TPSA) is 62.8 Å². The second-order valence-corrected chi connectivity index (χ2v) is 6.50. The Morgan fingerprint density at radius 2 is 1.88 bits per heavy atom. The highest BCUT2D eigenvalue weighted by atomic mass is 35.5. The summed E-state index contributed by atoms with van der Waals surface area (Å²) in [5.74, 6) is 1.01. The summed E-state index contributed by atoms with van der Waals surface area (Å²) in [6.45, 7) is 2.59. The Kier molecular flexibility index (Phi) is 9.50. The lowest BCUT2D eigenvalue weighted by molar-refractivity contribution is -0.123. The highest BCUT2D eigenvalue weighted by Gasteiger charge is 2.31. The van der Waals surface area contributed by atoms with Crippen molar-refractivity contribution in [3.05, 3.63) is 24.3 Å². The summed E-state index contributed by atoms with van der Waals surface area (Å²) < 4.78 is 10.8. The Hall–Kier alpha value is -1.21. The molecule has 0 aromatic heterocycles. The minimum atomic E-state index is -0.123. The summed E-state index contributed by atoms with van der Waals surface area (Å²) in [5, 5.41) is 6.42. The summed E-state index contributed by atoms with van der Waals surface area (Å²) in [4.78, 5) is 14.7. The molecule has 3 rings (SSSR count). The van der Waals surface area contributed by atoms with Gasteiger partial charge in [0.2, 0.25) is 5.91 Å². The Balaban J connectivity index is 0.00000169. The fourth-order valence-corrected chi connectivity index (χ4v) is 3.54. The van der Waals surface area contributed by atoms with Crippen molar-refractivity contribution in [3.63, 3.8) is 0 Å². The number of carbonyl (C=O) groups excluding carboxylic acids is 1. The normalized spacial score (nSPS) is 22.9. The molecule has 0 bridgehead atoms. The number of ether oxygens (including phenoxy) is 2. The van der Waals surface area contributed by atoms with Gasteiger partial charge in [-0.1, -0.05) is 12.1 Å². The molecule has 0 aliphatic carbocycles. The number of rotatable bonds is 5. The number of hydrogen-bond acceptors (Lipinski definition) is 5. The zero-order chi connectivity index (χ0) is 16.9. The van der Waals surface area contributed by atoms with E-state index in [9.17, 15) is 4.79 Å². The van der Waals surface area contributed by atoms with Gasteiger partial charge in [-0.15, -0.1) is 24.8 Å². The molecule has 8 heteroatoms. The van der Waals surface area contributed by atoms with Crippen LogP contribution in [-0.4, -0.2) is 57.9 Å². The Morgan fingerprint density at radius 3 is 2.50 bits per heavy atom. The third kappa shape index (κ3) is 5.39. The number of anilines is 1. The summed E-state index contributed by atoms with van der Waals surface area (Å²) >= 11 is 0. The Morgan fingerprint density at radius 1 is 1.19 bits per heavy atom. The minimum absolute atomic E-state index is 0. The first-order valence-corrected chi connectivity index (χ1v) is 8.65. The molecule has 0 spiro atoms. The van der Waals surface area contributed by atoms with Crippen molar-refractivity contribution in [3.8, 4) is 5.75 Å². The highest BCUT2D eigenvalue weighted by molar-refractivity contribution is 5.85. The summed E-state index contributed by atoms with van der Waals surface area (Å²) in [5.41, 5.74) is 1.13. The van der Waals surface area contributed by atoms with Crippen LogP contribution in [0.3, 0.4) is 0 Å². The Bertz CT molecular complexity index is 568. The molecule has 1 aromatic rings. The average molecular weight is 406 g/mol. The van der Waals surface area contributed by atoms with Crippen LogP contribution in [-0.2, 0) is 9.53 Å². The van der Waals surface area contributed by atoms with E-state index >= 15 is 0 Å². The predicted molar refractivity (Wildman–Crippen MR) is 108 cm³/mol. The van der Waals surface area contributed by atoms with Gasteiger partial charge in [-0.25, -0.2) is 0 Å². The van der Waals surface area contributed by atoms with Gasteiger partial charge in [0.25, 0.3) is 0 Å². The van der Waals surface area contributed by atoms with Crippen LogP contribution in [0.25, 0.3) is 0 Å². The van der Waals surface area contributed by atoms with E-state index in [1.165, 1.54) is 0 Å². The van der Waals surface area contributed by atoms with Gasteiger partial charge in [-0.2, -0.15) is 0 Å². The fraction of sp³-hybridized carbons (Fsp3) is 0.611. The second-order valence-electron chi connectivity index (χ2n) is 6.50. The lowest BCUT2D eigenvalue weighted by atomic mass is 10.0. The van der Waals surface area contributed by atoms with Crippen LogP contribution in [0.1, 0.15) is 19.3 Å². The molecule has 1 aromatic carbocycles. The number of amides is 1. The van der Waals surface area contributed by atoms with Crippen LogP contribution >= 0.6 is 24.8 Å². The van der Waals surface area contributed by atoms with Crippen molar-refractivity contribution in [2.24, 2.45) is 0 Å². The number of carbonyl (C=O) groups is 1. The summed E-state index contributed by atoms with van der Waals surface area (Å²) in [7, 11) is 3.40. The van der Waals surface area contributed by atoms with E-state index in [4.69, 9.17) is 9.47 Å². The maximum absolute atomic E-state index is 12.4. The largest absolute Gasteiger partial charge is 0.495 e. The van der Waals surface area contributed by atoms with Crippen LogP contribution < -0.4 is 20.3 Å². The van der Waals surface area contributed by atoms with Gasteiger partial charge in [0.15, 0.2) is 0 Å². The second kappa shape index (κ2) is 10.8. The molecule has 2 aliphatic rings. The number of hydrogen-bond donors (Lipinski definition) is 2. The molecule has 0 unspecified atom stereocenters. The van der Waals surface area contributed by atoms with Gasteiger partial charge >= 0.3 is 0 Å². The number of para-hydroxylation sites is 2. The molecule has 0 saturated carbocycles. The van der Waals surface area contributed by atoms with E-state index < -0.39 is 0 Å². The first-order chi connectivity index (χ1) is 11.7. The molecule has 26 heavy (non-hydrogen) atoms. The molecule has 2 fully saturated rings. The molecular formula is C18H29Cl2N3O3. The van der Waals surface area contributed by atoms with Crippen LogP contribution in [0.2, 0.25) is 0 Å². The van der Waals surface area contributed by atoms with E-state index in [0.717, 1.165) is 50.3 Å². The monoisotopic (exact) mass is 405 g/mol. The molecule has 0 radical (unpaired) electrons. The Labute approximate surface area is 167 Å². The van der Waals surface area contributed by atoms with E-state index in [2.05, 4.69) is 21.6 Å². The third-order valence-electron chi connectivity index (χ3n) is 5.01. The van der Waals surface area contributed by atoms with Gasteiger partial charge < -0.3 is 25.0 Å². The van der Waals surface area contributed by atoms with Gasteiger partial charge in [-0.05, 0) is 31.4 Å². The molecule has 2 aliphatic heterocycles. The molecule has 148 valence electrons. The van der Waals surface area contributed by atoms with Crippen molar-refractivity contribution >= 4 is 36.4 Å². The fourth-order valence-electron chi connectivity index (χ4n) is 3.54. The predicted octanol–water partition coefficient (Wildman–Crippen LogP) is 2.00. The van der Waals surface area contributed by atoms with Crippen LogP contribution in [0.5, 0.6) is 5.75 Å². The van der Waals surface area contributed by atoms with Crippen molar-refractivity contribution < 1.29 is 14.3 Å². The molecule has 2 atom stereocenters. The zero-order valence-corrected chi connectivity index (χ0v) is 16.9. The molecule has 2 saturated heterocycles. The number of nitrogens with one attached hydrogen (secondary N) is 2. The van der Waals surface area contributed by atoms with E-state index in [1.54, 1.807) is 14.2 Å². The number of methoxy groups -OCH3 is 2. The van der Waals surface area contributed by atoms with Crippen molar-refractivity contribution in [1.82, 2.24) is 10.6 Å². The van der Waals surface area contributed by atoms with E-state index in [1.807, 2.05) is 18.2 Å². The van der Waals surface area contributed by atoms with Gasteiger partial charge in [0.1, 0.15) is 5.75 Å². The average Bonchev–Trinajstić information content (AvgIpc) is 3.12. The number of piperidine rings is 1. The molecular weight excluding hydrogens is 377 g/mol. The lowest BCUT2D eigenvalue weighted by Crippen LogP contribution is -2.49. The first-order valence-electron chi connectivity index (χ1n) is 8.65. The standard InChI is InChI=1S/C18H27N3O3.2ClH/c1-23-14-11-15(19-12-14)18(22)20-13-7-9-21(10-8-13)16-5-3-4-6-17(16)24-2;;/h3-6,13-15,19H,7-12H2,1-2H3,(H,20,22);2*1H/t14-,15-;;/m0../s1. The molecule has 2 N–H and O–H groups in total. The number of benzene rings is 1. The quantitative estimate of drug-likeness (QED) is 0.784. The van der Waals surface area contributed by atoms with Crippen molar-refractivity contribution in [1.29, 1.82) is 0 Å². The minimum Gasteiger partial charge on any atom is -0.495 e. The maximum atomic E-state index is 12.4. The summed E-state index contributed by atoms with van der Waals surface area (Å²) in [6, 6.07) is 8.21. The van der Waals surface area contributed by atoms with Crippen LogP contribution in [0.4, 0.5) is 5.69 Å². The third-order valence-corrected chi connectivity index (χ3v) is 5.01. The van der Waals surface area contributed by atoms with Gasteiger partial charge in [-0.3, -0.25) is 4.79 Å². The number of nitrogens with zero attached hydrogens (tertiary/aromatic N) is 1. The van der Waals surface area contributed by atoms with E-state index in [-0.39, 0.29) is 48.9 Å². The SMILES string of the molecule is COc1ccccc1N1CCC(NC(=O)[C@@H]2C[C@H](OC)CN2)CC1.Cl.Cl. The van der Waals surface area contributed by atoms with Crippen LogP contribution in [0, 0.1) is 0 Å². The number of halogens is 2. The maximum Gasteiger partial charge on any atom is 0.237 e. The zero-order valence-electron chi connectivity index (χ0n) is 15.3. The summed E-state index contributed by atoms with van der Waals surface area (Å²) in [6.07, 6.45) is 2.80. The molecule has 1 amide bonds. The van der Waals surface area contributed by atoms with Crippen LogP contribution in [0.15, 0.2) is 24.3 Å². The molecule has 2 heterocycles. The van der Waals surface area contributed by atoms with E-state index in [0.29, 0.717) is 0 Å². The smallest absolute Gasteiger partial charge is 0.237 e.